The van der Waals surface area contributed by atoms with Crippen LogP contribution in [0.25, 0.3) is 0 Å². The van der Waals surface area contributed by atoms with Crippen LogP contribution < -0.4 is 10.5 Å². The van der Waals surface area contributed by atoms with Crippen molar-refractivity contribution in [2.24, 2.45) is 5.73 Å². The van der Waals surface area contributed by atoms with Crippen molar-refractivity contribution in [1.29, 1.82) is 0 Å². The van der Waals surface area contributed by atoms with Crippen LogP contribution >= 0.6 is 15.9 Å². The average molecular weight is 352 g/mol. The summed E-state index contributed by atoms with van der Waals surface area (Å²) in [6.07, 6.45) is 1.81. The van der Waals surface area contributed by atoms with Crippen molar-refractivity contribution < 1.29 is 9.13 Å². The first-order chi connectivity index (χ1) is 9.99. The zero-order chi connectivity index (χ0) is 15.4. The lowest BCUT2D eigenvalue weighted by atomic mass is 10.00. The summed E-state index contributed by atoms with van der Waals surface area (Å²) in [5.41, 5.74) is 8.34. The highest BCUT2D eigenvalue weighted by molar-refractivity contribution is 9.10. The van der Waals surface area contributed by atoms with Gasteiger partial charge in [0.25, 0.3) is 0 Å². The van der Waals surface area contributed by atoms with Gasteiger partial charge in [0, 0.05) is 12.1 Å². The summed E-state index contributed by atoms with van der Waals surface area (Å²) < 4.78 is 19.6. The molecule has 0 aliphatic heterocycles. The van der Waals surface area contributed by atoms with Crippen LogP contribution in [0.5, 0.6) is 11.5 Å². The Morgan fingerprint density at radius 2 is 1.86 bits per heavy atom. The summed E-state index contributed by atoms with van der Waals surface area (Å²) in [5, 5.41) is 0. The van der Waals surface area contributed by atoms with Crippen molar-refractivity contribution in [3.63, 3.8) is 0 Å². The molecule has 4 heteroatoms. The lowest BCUT2D eigenvalue weighted by Crippen LogP contribution is -2.21. The lowest BCUT2D eigenvalue weighted by molar-refractivity contribution is 0.475. The minimum atomic E-state index is -0.338. The second kappa shape index (κ2) is 7.05. The highest BCUT2D eigenvalue weighted by Gasteiger charge is 2.07. The molecule has 2 aromatic rings. The zero-order valence-electron chi connectivity index (χ0n) is 12.2. The Morgan fingerprint density at radius 1 is 1.19 bits per heavy atom. The molecule has 0 heterocycles. The van der Waals surface area contributed by atoms with Crippen LogP contribution in [0, 0.1) is 12.7 Å². The SMILES string of the molecule is CCC(N)Cc1ccc(Oc2ccc(Br)c(F)c2)cc1C. The molecule has 112 valence electrons. The van der Waals surface area contributed by atoms with Gasteiger partial charge < -0.3 is 10.5 Å². The van der Waals surface area contributed by atoms with E-state index in [0.29, 0.717) is 16.0 Å². The second-order valence-corrected chi connectivity index (χ2v) is 5.99. The molecular formula is C17H19BrFNO. The summed E-state index contributed by atoms with van der Waals surface area (Å²) in [6.45, 7) is 4.12. The van der Waals surface area contributed by atoms with Crippen LogP contribution in [0.4, 0.5) is 4.39 Å². The van der Waals surface area contributed by atoms with E-state index < -0.39 is 0 Å². The first-order valence-electron chi connectivity index (χ1n) is 6.97. The molecule has 1 unspecified atom stereocenters. The molecule has 2 rings (SSSR count). The molecule has 2 nitrogen and oxygen atoms in total. The number of aryl methyl sites for hydroxylation is 1. The van der Waals surface area contributed by atoms with E-state index in [2.05, 4.69) is 22.9 Å². The predicted molar refractivity (Wildman–Crippen MR) is 87.3 cm³/mol. The zero-order valence-corrected chi connectivity index (χ0v) is 13.8. The van der Waals surface area contributed by atoms with E-state index in [1.165, 1.54) is 11.6 Å². The van der Waals surface area contributed by atoms with Crippen LogP contribution in [0.1, 0.15) is 24.5 Å². The van der Waals surface area contributed by atoms with Gasteiger partial charge in [0.2, 0.25) is 0 Å². The van der Waals surface area contributed by atoms with Crippen molar-refractivity contribution in [1.82, 2.24) is 0 Å². The molecule has 0 amide bonds. The van der Waals surface area contributed by atoms with Gasteiger partial charge in [-0.3, -0.25) is 0 Å². The summed E-state index contributed by atoms with van der Waals surface area (Å²) in [5.74, 6) is 0.839. The first kappa shape index (κ1) is 16.0. The first-order valence-corrected chi connectivity index (χ1v) is 7.77. The van der Waals surface area contributed by atoms with E-state index in [1.807, 2.05) is 25.1 Å². The van der Waals surface area contributed by atoms with E-state index >= 15 is 0 Å². The minimum Gasteiger partial charge on any atom is -0.457 e. The van der Waals surface area contributed by atoms with Crippen LogP contribution in [0.3, 0.4) is 0 Å². The standard InChI is InChI=1S/C17H19BrFNO/c1-3-13(20)9-12-4-5-14(8-11(12)2)21-15-6-7-16(18)17(19)10-15/h4-8,10,13H,3,9,20H2,1-2H3. The number of hydrogen-bond acceptors (Lipinski definition) is 2. The fraction of sp³-hybridized carbons (Fsp3) is 0.294. The van der Waals surface area contributed by atoms with Crippen molar-refractivity contribution in [3.8, 4) is 11.5 Å². The summed E-state index contributed by atoms with van der Waals surface area (Å²) >= 11 is 3.12. The second-order valence-electron chi connectivity index (χ2n) is 5.14. The molecular weight excluding hydrogens is 333 g/mol. The van der Waals surface area contributed by atoms with Gasteiger partial charge in [-0.15, -0.1) is 0 Å². The highest BCUT2D eigenvalue weighted by Crippen LogP contribution is 2.27. The quantitative estimate of drug-likeness (QED) is 0.825. The molecule has 0 aromatic heterocycles. The van der Waals surface area contributed by atoms with Crippen LogP contribution in [0.2, 0.25) is 0 Å². The maximum Gasteiger partial charge on any atom is 0.141 e. The summed E-state index contributed by atoms with van der Waals surface area (Å²) in [7, 11) is 0. The van der Waals surface area contributed by atoms with Gasteiger partial charge in [0.05, 0.1) is 4.47 Å². The number of nitrogens with two attached hydrogens (primary N) is 1. The summed E-state index contributed by atoms with van der Waals surface area (Å²) in [4.78, 5) is 0. The molecule has 0 bridgehead atoms. The van der Waals surface area contributed by atoms with E-state index in [1.54, 1.807) is 12.1 Å². The largest absolute Gasteiger partial charge is 0.457 e. The normalized spacial score (nSPS) is 12.2. The third-order valence-corrected chi connectivity index (χ3v) is 4.09. The van der Waals surface area contributed by atoms with Crippen molar-refractivity contribution >= 4 is 15.9 Å². The van der Waals surface area contributed by atoms with E-state index in [-0.39, 0.29) is 11.9 Å². The third-order valence-electron chi connectivity index (χ3n) is 3.45. The van der Waals surface area contributed by atoms with Crippen LogP contribution in [-0.2, 0) is 6.42 Å². The maximum atomic E-state index is 13.5. The Morgan fingerprint density at radius 3 is 2.48 bits per heavy atom. The Bertz CT molecular complexity index is 630. The van der Waals surface area contributed by atoms with Gasteiger partial charge in [-0.05, 0) is 71.1 Å². The molecule has 0 saturated carbocycles. The molecule has 1 atom stereocenters. The van der Waals surface area contributed by atoms with Gasteiger partial charge in [-0.1, -0.05) is 13.0 Å². The molecule has 0 aliphatic carbocycles. The van der Waals surface area contributed by atoms with Gasteiger partial charge in [0.1, 0.15) is 17.3 Å². The Labute approximate surface area is 133 Å². The molecule has 2 aromatic carbocycles. The molecule has 0 radical (unpaired) electrons. The fourth-order valence-corrected chi connectivity index (χ4v) is 2.31. The number of benzene rings is 2. The van der Waals surface area contributed by atoms with Gasteiger partial charge in [-0.25, -0.2) is 4.39 Å². The Balaban J connectivity index is 2.14. The predicted octanol–water partition coefficient (Wildman–Crippen LogP) is 4.97. The highest BCUT2D eigenvalue weighted by atomic mass is 79.9. The van der Waals surface area contributed by atoms with Crippen molar-refractivity contribution in [3.05, 3.63) is 57.8 Å². The van der Waals surface area contributed by atoms with Crippen molar-refractivity contribution in [2.75, 3.05) is 0 Å². The average Bonchev–Trinajstić information content (AvgIpc) is 2.45. The fourth-order valence-electron chi connectivity index (χ4n) is 2.06. The van der Waals surface area contributed by atoms with E-state index in [9.17, 15) is 4.39 Å². The van der Waals surface area contributed by atoms with Crippen molar-refractivity contribution in [2.45, 2.75) is 32.7 Å². The number of hydrogen-bond donors (Lipinski definition) is 1. The third kappa shape index (κ3) is 4.29. The Kier molecular flexibility index (Phi) is 5.37. The topological polar surface area (TPSA) is 35.2 Å². The molecule has 21 heavy (non-hydrogen) atoms. The van der Waals surface area contributed by atoms with Crippen LogP contribution in [-0.4, -0.2) is 6.04 Å². The smallest absolute Gasteiger partial charge is 0.141 e. The number of ether oxygens (including phenoxy) is 1. The van der Waals surface area contributed by atoms with Gasteiger partial charge in [0.15, 0.2) is 0 Å². The van der Waals surface area contributed by atoms with Crippen LogP contribution in [0.15, 0.2) is 40.9 Å². The molecule has 0 aliphatic rings. The molecule has 2 N–H and O–H groups in total. The maximum absolute atomic E-state index is 13.5. The Hall–Kier alpha value is -1.39. The van der Waals surface area contributed by atoms with E-state index in [0.717, 1.165) is 18.4 Å². The lowest BCUT2D eigenvalue weighted by Gasteiger charge is -2.13. The van der Waals surface area contributed by atoms with Gasteiger partial charge in [-0.2, -0.15) is 0 Å². The summed E-state index contributed by atoms with van der Waals surface area (Å²) in [6, 6.07) is 10.8. The molecule has 0 spiro atoms. The minimum absolute atomic E-state index is 0.177. The molecule has 0 fully saturated rings. The van der Waals surface area contributed by atoms with E-state index in [4.69, 9.17) is 10.5 Å². The van der Waals surface area contributed by atoms with Gasteiger partial charge >= 0.3 is 0 Å². The monoisotopic (exact) mass is 351 g/mol. The number of halogens is 2. The number of rotatable bonds is 5. The molecule has 0 saturated heterocycles.